The van der Waals surface area contributed by atoms with Gasteiger partial charge in [0.25, 0.3) is 0 Å². The van der Waals surface area contributed by atoms with E-state index in [1.807, 2.05) is 0 Å². The molecule has 0 saturated carbocycles. The highest BCUT2D eigenvalue weighted by Crippen LogP contribution is 2.29. The number of halogens is 4. The van der Waals surface area contributed by atoms with Gasteiger partial charge in [-0.3, -0.25) is 4.98 Å². The number of aromatic nitrogens is 3. The molecule has 0 atom stereocenters. The molecule has 2 aromatic heterocycles. The molecular formula is C16H11F4N5O2. The summed E-state index contributed by atoms with van der Waals surface area (Å²) in [6, 6.07) is 7.94. The summed E-state index contributed by atoms with van der Waals surface area (Å²) in [6.45, 7) is 0.0145. The molecule has 2 amide bonds. The summed E-state index contributed by atoms with van der Waals surface area (Å²) in [5.74, 6) is -2.28. The average molecular weight is 381 g/mol. The van der Waals surface area contributed by atoms with Gasteiger partial charge in [0.15, 0.2) is 0 Å². The van der Waals surface area contributed by atoms with Crippen LogP contribution >= 0.6 is 0 Å². The maximum absolute atomic E-state index is 13.4. The lowest BCUT2D eigenvalue weighted by molar-refractivity contribution is -0.159. The zero-order chi connectivity index (χ0) is 19.4. The average Bonchev–Trinajstić information content (AvgIpc) is 3.13. The van der Waals surface area contributed by atoms with Crippen molar-refractivity contribution in [1.82, 2.24) is 20.4 Å². The lowest BCUT2D eigenvalue weighted by atomic mass is 10.2. The van der Waals surface area contributed by atoms with Crippen molar-refractivity contribution >= 4 is 11.7 Å². The van der Waals surface area contributed by atoms with Gasteiger partial charge in [0.05, 0.1) is 17.9 Å². The molecule has 140 valence electrons. The quantitative estimate of drug-likeness (QED) is 0.674. The number of carbonyl (C=O) groups is 1. The minimum Gasteiger partial charge on any atom is -0.332 e. The Morgan fingerprint density at radius 2 is 1.93 bits per heavy atom. The monoisotopic (exact) mass is 381 g/mol. The van der Waals surface area contributed by atoms with Crippen molar-refractivity contribution in [2.24, 2.45) is 0 Å². The first-order valence-corrected chi connectivity index (χ1v) is 7.48. The van der Waals surface area contributed by atoms with Crippen LogP contribution in [0.1, 0.15) is 11.6 Å². The van der Waals surface area contributed by atoms with Crippen molar-refractivity contribution in [3.05, 3.63) is 60.0 Å². The van der Waals surface area contributed by atoms with Gasteiger partial charge in [-0.25, -0.2) is 9.18 Å². The molecule has 1 aromatic carbocycles. The second-order valence-electron chi connectivity index (χ2n) is 5.25. The van der Waals surface area contributed by atoms with Crippen LogP contribution in [-0.2, 0) is 12.7 Å². The van der Waals surface area contributed by atoms with Crippen molar-refractivity contribution in [1.29, 1.82) is 0 Å². The van der Waals surface area contributed by atoms with Crippen molar-refractivity contribution in [3.8, 4) is 11.4 Å². The predicted octanol–water partition coefficient (Wildman–Crippen LogP) is 3.61. The van der Waals surface area contributed by atoms with Gasteiger partial charge in [-0.15, -0.1) is 0 Å². The van der Waals surface area contributed by atoms with Gasteiger partial charge in [0, 0.05) is 11.8 Å². The first-order chi connectivity index (χ1) is 12.8. The molecule has 3 aromatic rings. The van der Waals surface area contributed by atoms with Crippen LogP contribution in [-0.4, -0.2) is 21.2 Å². The van der Waals surface area contributed by atoms with Gasteiger partial charge in [-0.2, -0.15) is 18.2 Å². The highest BCUT2D eigenvalue weighted by Gasteiger charge is 2.38. The maximum Gasteiger partial charge on any atom is 0.471 e. The molecule has 0 fully saturated rings. The fourth-order valence-corrected chi connectivity index (χ4v) is 2.02. The molecule has 27 heavy (non-hydrogen) atoms. The summed E-state index contributed by atoms with van der Waals surface area (Å²) in [5, 5.41) is 8.07. The number of anilines is 1. The number of alkyl halides is 3. The molecule has 0 saturated heterocycles. The van der Waals surface area contributed by atoms with Crippen LogP contribution in [0.4, 0.5) is 28.0 Å². The molecular weight excluding hydrogens is 370 g/mol. The van der Waals surface area contributed by atoms with Crippen LogP contribution in [0.5, 0.6) is 0 Å². The summed E-state index contributed by atoms with van der Waals surface area (Å²) < 4.78 is 55.0. The number of hydrogen-bond acceptors (Lipinski definition) is 5. The number of benzene rings is 1. The lowest BCUT2D eigenvalue weighted by Gasteiger charge is -2.08. The van der Waals surface area contributed by atoms with E-state index in [2.05, 4.69) is 30.3 Å². The number of nitrogens with zero attached hydrogens (tertiary/aromatic N) is 3. The fourth-order valence-electron chi connectivity index (χ4n) is 2.02. The van der Waals surface area contributed by atoms with Crippen LogP contribution in [0.2, 0.25) is 0 Å². The van der Waals surface area contributed by atoms with E-state index >= 15 is 0 Å². The van der Waals surface area contributed by atoms with Crippen molar-refractivity contribution < 1.29 is 26.9 Å². The fraction of sp³-hybridized carbons (Fsp3) is 0.125. The number of rotatable bonds is 4. The lowest BCUT2D eigenvalue weighted by Crippen LogP contribution is -2.28. The number of nitrogens with one attached hydrogen (secondary N) is 2. The Kier molecular flexibility index (Phi) is 5.01. The van der Waals surface area contributed by atoms with E-state index in [-0.39, 0.29) is 23.6 Å². The van der Waals surface area contributed by atoms with Crippen LogP contribution in [0.15, 0.2) is 47.1 Å². The highest BCUT2D eigenvalue weighted by molar-refractivity contribution is 5.89. The number of urea groups is 1. The van der Waals surface area contributed by atoms with E-state index in [1.165, 1.54) is 36.5 Å². The summed E-state index contributed by atoms with van der Waals surface area (Å²) in [7, 11) is 0. The predicted molar refractivity (Wildman–Crippen MR) is 84.8 cm³/mol. The van der Waals surface area contributed by atoms with Gasteiger partial charge >= 0.3 is 18.1 Å². The number of hydrogen-bond donors (Lipinski definition) is 2. The van der Waals surface area contributed by atoms with E-state index in [9.17, 15) is 22.4 Å². The van der Waals surface area contributed by atoms with Crippen molar-refractivity contribution in [2.45, 2.75) is 12.7 Å². The Balaban J connectivity index is 1.58. The largest absolute Gasteiger partial charge is 0.471 e. The Labute approximate surface area is 149 Å². The molecule has 0 bridgehead atoms. The number of amides is 2. The molecule has 3 rings (SSSR count). The van der Waals surface area contributed by atoms with E-state index in [0.29, 0.717) is 5.69 Å². The van der Waals surface area contributed by atoms with Gasteiger partial charge < -0.3 is 15.2 Å². The maximum atomic E-state index is 13.4. The molecule has 0 unspecified atom stereocenters. The SMILES string of the molecule is O=C(NCc1ccc(-c2noc(C(F)(F)F)n2)cn1)Nc1ccccc1F. The zero-order valence-corrected chi connectivity index (χ0v) is 13.4. The Bertz CT molecular complexity index is 940. The summed E-state index contributed by atoms with van der Waals surface area (Å²) in [5.41, 5.74) is 0.659. The van der Waals surface area contributed by atoms with Crippen molar-refractivity contribution in [2.75, 3.05) is 5.32 Å². The van der Waals surface area contributed by atoms with E-state index in [0.717, 1.165) is 0 Å². The summed E-state index contributed by atoms with van der Waals surface area (Å²) in [4.78, 5) is 19.0. The van der Waals surface area contributed by atoms with Crippen LogP contribution in [0.25, 0.3) is 11.4 Å². The van der Waals surface area contributed by atoms with Crippen LogP contribution < -0.4 is 10.6 Å². The normalized spacial score (nSPS) is 11.3. The summed E-state index contributed by atoms with van der Waals surface area (Å²) in [6.07, 6.45) is -3.48. The standard InChI is InChI=1S/C16H11F4N5O2/c17-11-3-1-2-4-12(11)23-15(26)22-8-10-6-5-9(7-21-10)13-24-14(27-25-13)16(18,19)20/h1-7H,8H2,(H2,22,23,26). The Morgan fingerprint density at radius 3 is 2.56 bits per heavy atom. The van der Waals surface area contributed by atoms with Crippen molar-refractivity contribution in [3.63, 3.8) is 0 Å². The van der Waals surface area contributed by atoms with Gasteiger partial charge in [0.2, 0.25) is 5.82 Å². The molecule has 0 aliphatic carbocycles. The highest BCUT2D eigenvalue weighted by atomic mass is 19.4. The van der Waals surface area contributed by atoms with E-state index in [1.54, 1.807) is 6.07 Å². The van der Waals surface area contributed by atoms with Crippen LogP contribution in [0, 0.1) is 5.82 Å². The Morgan fingerprint density at radius 1 is 1.15 bits per heavy atom. The van der Waals surface area contributed by atoms with Gasteiger partial charge in [0.1, 0.15) is 5.82 Å². The third-order valence-corrected chi connectivity index (χ3v) is 3.30. The first-order valence-electron chi connectivity index (χ1n) is 7.48. The molecule has 11 heteroatoms. The second-order valence-corrected chi connectivity index (χ2v) is 5.25. The van der Waals surface area contributed by atoms with E-state index in [4.69, 9.17) is 0 Å². The zero-order valence-electron chi connectivity index (χ0n) is 13.4. The van der Waals surface area contributed by atoms with Gasteiger partial charge in [-0.1, -0.05) is 17.3 Å². The third-order valence-electron chi connectivity index (χ3n) is 3.30. The van der Waals surface area contributed by atoms with E-state index < -0.39 is 23.9 Å². The molecule has 0 radical (unpaired) electrons. The third kappa shape index (κ3) is 4.57. The van der Waals surface area contributed by atoms with Crippen LogP contribution in [0.3, 0.4) is 0 Å². The van der Waals surface area contributed by atoms with Gasteiger partial charge in [-0.05, 0) is 24.3 Å². The molecule has 2 N–H and O–H groups in total. The molecule has 0 aliphatic heterocycles. The number of para-hydroxylation sites is 1. The molecule has 7 nitrogen and oxygen atoms in total. The summed E-state index contributed by atoms with van der Waals surface area (Å²) >= 11 is 0. The topological polar surface area (TPSA) is 92.9 Å². The second kappa shape index (κ2) is 7.40. The first kappa shape index (κ1) is 18.3. The number of pyridine rings is 1. The molecule has 2 heterocycles. The minimum absolute atomic E-state index is 0.0145. The molecule has 0 aliphatic rings. The molecule has 0 spiro atoms. The number of carbonyl (C=O) groups excluding carboxylic acids is 1. The smallest absolute Gasteiger partial charge is 0.332 e. The minimum atomic E-state index is -4.73. The Hall–Kier alpha value is -3.50.